The number of hydrogen-bond acceptors (Lipinski definition) is 4. The van der Waals surface area contributed by atoms with Crippen molar-refractivity contribution in [3.8, 4) is 0 Å². The van der Waals surface area contributed by atoms with E-state index in [0.29, 0.717) is 5.11 Å². The zero-order chi connectivity index (χ0) is 19.0. The Hall–Kier alpha value is -2.44. The van der Waals surface area contributed by atoms with Gasteiger partial charge in [0.1, 0.15) is 6.04 Å². The topological polar surface area (TPSA) is 36.0 Å². The first kappa shape index (κ1) is 17.9. The second kappa shape index (κ2) is 7.29. The molecule has 1 atom stereocenters. The molecule has 0 aliphatic carbocycles. The van der Waals surface area contributed by atoms with E-state index in [1.165, 1.54) is 5.69 Å². The van der Waals surface area contributed by atoms with Gasteiger partial charge in [0, 0.05) is 24.5 Å². The van der Waals surface area contributed by atoms with Crippen LogP contribution in [-0.4, -0.2) is 43.4 Å². The highest BCUT2D eigenvalue weighted by molar-refractivity contribution is 7.81. The molecule has 0 spiro atoms. The number of morpholine rings is 1. The fourth-order valence-electron chi connectivity index (χ4n) is 3.72. The molecule has 140 valence electrons. The van der Waals surface area contributed by atoms with Crippen LogP contribution in [0.2, 0.25) is 0 Å². The summed E-state index contributed by atoms with van der Waals surface area (Å²) in [7, 11) is 0. The Labute approximate surface area is 165 Å². The van der Waals surface area contributed by atoms with Crippen LogP contribution in [0.15, 0.2) is 48.5 Å². The monoisotopic (exact) mass is 381 g/mol. The van der Waals surface area contributed by atoms with Crippen LogP contribution < -0.4 is 14.7 Å². The first-order valence-corrected chi connectivity index (χ1v) is 9.64. The van der Waals surface area contributed by atoms with Crippen molar-refractivity contribution in [3.63, 3.8) is 0 Å². The van der Waals surface area contributed by atoms with Crippen LogP contribution in [0.25, 0.3) is 0 Å². The Morgan fingerprint density at radius 2 is 1.74 bits per heavy atom. The molecule has 2 aromatic rings. The van der Waals surface area contributed by atoms with E-state index in [1.54, 1.807) is 4.90 Å². The number of hydrogen-bond donors (Lipinski definition) is 0. The Balaban J connectivity index is 1.64. The Morgan fingerprint density at radius 3 is 2.41 bits per heavy atom. The average molecular weight is 382 g/mol. The lowest BCUT2D eigenvalue weighted by Gasteiger charge is -2.30. The maximum absolute atomic E-state index is 12.9. The van der Waals surface area contributed by atoms with Gasteiger partial charge in [-0.1, -0.05) is 18.2 Å². The summed E-state index contributed by atoms with van der Waals surface area (Å²) in [6, 6.07) is 15.6. The number of nitrogens with zero attached hydrogens (tertiary/aromatic N) is 3. The molecular formula is C21H23N3O2S. The van der Waals surface area contributed by atoms with Crippen LogP contribution in [-0.2, 0) is 9.53 Å². The number of carbonyl (C=O) groups excluding carboxylic acids is 1. The van der Waals surface area contributed by atoms with Gasteiger partial charge < -0.3 is 14.5 Å². The molecule has 1 amide bonds. The van der Waals surface area contributed by atoms with Gasteiger partial charge in [-0.05, 0) is 62.0 Å². The van der Waals surface area contributed by atoms with Crippen molar-refractivity contribution in [2.24, 2.45) is 0 Å². The number of anilines is 3. The molecule has 2 saturated heterocycles. The first-order chi connectivity index (χ1) is 13.1. The summed E-state index contributed by atoms with van der Waals surface area (Å²) in [4.78, 5) is 18.8. The molecule has 0 aromatic heterocycles. The SMILES string of the molecule is Cc1cc(N2CCOCC2)ccc1N1C(=S)N(c2ccccc2)C(=O)C1C. The zero-order valence-electron chi connectivity index (χ0n) is 15.6. The minimum absolute atomic E-state index is 0.00264. The standard InChI is InChI=1S/C21H23N3O2S/c1-15-14-18(22-10-12-26-13-11-22)8-9-19(15)23-16(2)20(25)24(21(23)27)17-6-4-3-5-7-17/h3-9,14,16H,10-13H2,1-2H3. The van der Waals surface area contributed by atoms with Crippen molar-refractivity contribution in [2.75, 3.05) is 41.0 Å². The molecule has 2 aliphatic rings. The van der Waals surface area contributed by atoms with Crippen LogP contribution in [0.3, 0.4) is 0 Å². The van der Waals surface area contributed by atoms with Crippen LogP contribution >= 0.6 is 12.2 Å². The molecule has 1 unspecified atom stereocenters. The first-order valence-electron chi connectivity index (χ1n) is 9.23. The van der Waals surface area contributed by atoms with Gasteiger partial charge in [-0.3, -0.25) is 9.69 Å². The molecule has 0 N–H and O–H groups in total. The van der Waals surface area contributed by atoms with Crippen molar-refractivity contribution in [1.29, 1.82) is 0 Å². The van der Waals surface area contributed by atoms with Crippen molar-refractivity contribution >= 4 is 40.3 Å². The minimum atomic E-state index is -0.328. The van der Waals surface area contributed by atoms with Gasteiger partial charge in [0.15, 0.2) is 5.11 Å². The fourth-order valence-corrected chi connectivity index (χ4v) is 4.17. The summed E-state index contributed by atoms with van der Waals surface area (Å²) < 4.78 is 5.44. The Morgan fingerprint density at radius 1 is 1.04 bits per heavy atom. The summed E-state index contributed by atoms with van der Waals surface area (Å²) >= 11 is 5.70. The van der Waals surface area contributed by atoms with E-state index in [4.69, 9.17) is 17.0 Å². The van der Waals surface area contributed by atoms with E-state index >= 15 is 0 Å². The second-order valence-electron chi connectivity index (χ2n) is 6.91. The Kier molecular flexibility index (Phi) is 4.85. The summed E-state index contributed by atoms with van der Waals surface area (Å²) in [6.07, 6.45) is 0. The highest BCUT2D eigenvalue weighted by Crippen LogP contribution is 2.33. The third kappa shape index (κ3) is 3.19. The van der Waals surface area contributed by atoms with Crippen LogP contribution in [0, 0.1) is 6.92 Å². The maximum atomic E-state index is 12.9. The third-order valence-corrected chi connectivity index (χ3v) is 5.57. The third-order valence-electron chi connectivity index (χ3n) is 5.19. The van der Waals surface area contributed by atoms with Gasteiger partial charge in [0.2, 0.25) is 0 Å². The van der Waals surface area contributed by atoms with E-state index in [-0.39, 0.29) is 11.9 Å². The molecule has 2 aromatic carbocycles. The Bertz CT molecular complexity index is 865. The molecule has 2 heterocycles. The van der Waals surface area contributed by atoms with Crippen molar-refractivity contribution in [3.05, 3.63) is 54.1 Å². The predicted molar refractivity (Wildman–Crippen MR) is 113 cm³/mol. The molecule has 0 radical (unpaired) electrons. The van der Waals surface area contributed by atoms with Gasteiger partial charge in [0.25, 0.3) is 5.91 Å². The van der Waals surface area contributed by atoms with E-state index in [1.807, 2.05) is 42.2 Å². The lowest BCUT2D eigenvalue weighted by molar-refractivity contribution is -0.117. The molecule has 27 heavy (non-hydrogen) atoms. The van der Waals surface area contributed by atoms with Gasteiger partial charge in [-0.2, -0.15) is 0 Å². The van der Waals surface area contributed by atoms with Crippen LogP contribution in [0.5, 0.6) is 0 Å². The van der Waals surface area contributed by atoms with E-state index in [0.717, 1.165) is 43.2 Å². The highest BCUT2D eigenvalue weighted by atomic mass is 32.1. The minimum Gasteiger partial charge on any atom is -0.378 e. The van der Waals surface area contributed by atoms with Gasteiger partial charge >= 0.3 is 0 Å². The molecule has 0 saturated carbocycles. The lowest BCUT2D eigenvalue weighted by atomic mass is 10.1. The summed E-state index contributed by atoms with van der Waals surface area (Å²) in [5.41, 5.74) is 4.08. The van der Waals surface area contributed by atoms with Crippen molar-refractivity contribution in [2.45, 2.75) is 19.9 Å². The number of thiocarbonyl (C=S) groups is 1. The van der Waals surface area contributed by atoms with Gasteiger partial charge in [-0.15, -0.1) is 0 Å². The van der Waals surface area contributed by atoms with E-state index < -0.39 is 0 Å². The molecule has 2 aliphatic heterocycles. The predicted octanol–water partition coefficient (Wildman–Crippen LogP) is 3.36. The smallest absolute Gasteiger partial charge is 0.256 e. The van der Waals surface area contributed by atoms with Gasteiger partial charge in [0.05, 0.1) is 18.9 Å². The highest BCUT2D eigenvalue weighted by Gasteiger charge is 2.41. The number of ether oxygens (including phenoxy) is 1. The normalized spacial score (nSPS) is 20.5. The zero-order valence-corrected chi connectivity index (χ0v) is 16.4. The largest absolute Gasteiger partial charge is 0.378 e. The van der Waals surface area contributed by atoms with Gasteiger partial charge in [-0.25, -0.2) is 0 Å². The molecule has 4 rings (SSSR count). The van der Waals surface area contributed by atoms with Crippen molar-refractivity contribution < 1.29 is 9.53 Å². The number of benzene rings is 2. The summed E-state index contributed by atoms with van der Waals surface area (Å²) in [5.74, 6) is 0.00264. The quantitative estimate of drug-likeness (QED) is 0.762. The number of amides is 1. The summed E-state index contributed by atoms with van der Waals surface area (Å²) in [6.45, 7) is 7.30. The molecular weight excluding hydrogens is 358 g/mol. The summed E-state index contributed by atoms with van der Waals surface area (Å²) in [5, 5.41) is 0.529. The average Bonchev–Trinajstić information content (AvgIpc) is 2.92. The number of aryl methyl sites for hydroxylation is 1. The fraction of sp³-hybridized carbons (Fsp3) is 0.333. The lowest BCUT2D eigenvalue weighted by Crippen LogP contribution is -2.36. The molecule has 0 bridgehead atoms. The second-order valence-corrected chi connectivity index (χ2v) is 7.27. The van der Waals surface area contributed by atoms with E-state index in [9.17, 15) is 4.79 Å². The van der Waals surface area contributed by atoms with Crippen LogP contribution in [0.1, 0.15) is 12.5 Å². The molecule has 5 nitrogen and oxygen atoms in total. The van der Waals surface area contributed by atoms with Crippen molar-refractivity contribution in [1.82, 2.24) is 0 Å². The molecule has 2 fully saturated rings. The maximum Gasteiger partial charge on any atom is 0.256 e. The number of carbonyl (C=O) groups is 1. The number of rotatable bonds is 3. The van der Waals surface area contributed by atoms with Crippen LogP contribution in [0.4, 0.5) is 17.1 Å². The van der Waals surface area contributed by atoms with E-state index in [2.05, 4.69) is 30.0 Å². The molecule has 6 heteroatoms. The number of para-hydroxylation sites is 1.